The van der Waals surface area contributed by atoms with Crippen molar-refractivity contribution in [3.05, 3.63) is 17.7 Å². The minimum atomic E-state index is -1.09. The highest BCUT2D eigenvalue weighted by Gasteiger charge is 2.18. The molecule has 1 saturated carbocycles. The predicted molar refractivity (Wildman–Crippen MR) is 90.9 cm³/mol. The predicted octanol–water partition coefficient (Wildman–Crippen LogP) is 3.70. The van der Waals surface area contributed by atoms with Crippen LogP contribution in [0.5, 0.6) is 11.5 Å². The van der Waals surface area contributed by atoms with Gasteiger partial charge in [-0.05, 0) is 30.9 Å². The molecule has 2 rings (SSSR count). The van der Waals surface area contributed by atoms with Crippen LogP contribution in [-0.4, -0.2) is 31.2 Å². The van der Waals surface area contributed by atoms with E-state index >= 15 is 0 Å². The summed E-state index contributed by atoms with van der Waals surface area (Å²) >= 11 is 0. The fourth-order valence-corrected chi connectivity index (χ4v) is 3.24. The number of carbonyl (C=O) groups excluding carboxylic acids is 1. The Bertz CT molecular complexity index is 593. The van der Waals surface area contributed by atoms with E-state index in [-0.39, 0.29) is 17.2 Å². The second-order valence-corrected chi connectivity index (χ2v) is 6.16. The highest BCUT2D eigenvalue weighted by molar-refractivity contribution is 5.96. The normalized spacial score (nSPS) is 14.4. The Morgan fingerprint density at radius 2 is 1.92 bits per heavy atom. The molecule has 1 aromatic carbocycles. The van der Waals surface area contributed by atoms with E-state index in [1.807, 2.05) is 0 Å². The van der Waals surface area contributed by atoms with Gasteiger partial charge in [0, 0.05) is 6.42 Å². The van der Waals surface area contributed by atoms with Crippen molar-refractivity contribution in [2.24, 2.45) is 5.92 Å². The Kier molecular flexibility index (Phi) is 6.46. The van der Waals surface area contributed by atoms with Crippen LogP contribution in [0.2, 0.25) is 0 Å². The monoisotopic (exact) mass is 335 g/mol. The van der Waals surface area contributed by atoms with Crippen molar-refractivity contribution in [3.8, 4) is 11.5 Å². The third kappa shape index (κ3) is 4.63. The number of anilines is 1. The number of carboxylic acids is 1. The first-order valence-electron chi connectivity index (χ1n) is 8.34. The fourth-order valence-electron chi connectivity index (χ4n) is 3.24. The van der Waals surface area contributed by atoms with Gasteiger partial charge < -0.3 is 19.9 Å². The molecule has 0 radical (unpaired) electrons. The first-order valence-corrected chi connectivity index (χ1v) is 8.34. The summed E-state index contributed by atoms with van der Waals surface area (Å²) < 4.78 is 10.4. The van der Waals surface area contributed by atoms with Gasteiger partial charge in [0.2, 0.25) is 5.91 Å². The van der Waals surface area contributed by atoms with E-state index < -0.39 is 5.97 Å². The van der Waals surface area contributed by atoms with E-state index in [4.69, 9.17) is 9.47 Å². The van der Waals surface area contributed by atoms with Crippen LogP contribution in [0.15, 0.2) is 12.1 Å². The van der Waals surface area contributed by atoms with E-state index in [2.05, 4.69) is 5.32 Å². The molecule has 6 heteroatoms. The molecule has 0 saturated heterocycles. The number of hydrogen-bond acceptors (Lipinski definition) is 4. The van der Waals surface area contributed by atoms with Crippen molar-refractivity contribution >= 4 is 17.6 Å². The zero-order chi connectivity index (χ0) is 17.5. The molecule has 1 amide bonds. The van der Waals surface area contributed by atoms with Crippen molar-refractivity contribution in [1.29, 1.82) is 0 Å². The number of aromatic carboxylic acids is 1. The number of methoxy groups -OCH3 is 2. The van der Waals surface area contributed by atoms with E-state index in [9.17, 15) is 14.7 Å². The number of carbonyl (C=O) groups is 2. The van der Waals surface area contributed by atoms with Crippen molar-refractivity contribution in [1.82, 2.24) is 0 Å². The summed E-state index contributed by atoms with van der Waals surface area (Å²) in [4.78, 5) is 23.4. The summed E-state index contributed by atoms with van der Waals surface area (Å²) in [5.74, 6) is 0.122. The Morgan fingerprint density at radius 3 is 2.50 bits per heavy atom. The fraction of sp³-hybridized carbons (Fsp3) is 0.556. The molecule has 0 spiro atoms. The molecular formula is C18H25NO5. The first-order chi connectivity index (χ1) is 11.5. The van der Waals surface area contributed by atoms with Gasteiger partial charge in [0.1, 0.15) is 0 Å². The van der Waals surface area contributed by atoms with Crippen molar-refractivity contribution in [2.75, 3.05) is 19.5 Å². The maximum absolute atomic E-state index is 12.2. The summed E-state index contributed by atoms with van der Waals surface area (Å²) in [5, 5.41) is 11.9. The smallest absolute Gasteiger partial charge is 0.335 e. The Balaban J connectivity index is 2.02. The van der Waals surface area contributed by atoms with Crippen LogP contribution in [0.25, 0.3) is 0 Å². The number of amides is 1. The van der Waals surface area contributed by atoms with Crippen molar-refractivity contribution in [3.63, 3.8) is 0 Å². The van der Waals surface area contributed by atoms with Gasteiger partial charge in [-0.15, -0.1) is 0 Å². The molecule has 0 aliphatic heterocycles. The van der Waals surface area contributed by atoms with Crippen LogP contribution in [0.3, 0.4) is 0 Å². The van der Waals surface area contributed by atoms with Crippen LogP contribution in [0.1, 0.15) is 55.3 Å². The van der Waals surface area contributed by atoms with E-state index in [0.29, 0.717) is 17.9 Å². The van der Waals surface area contributed by atoms with E-state index in [0.717, 1.165) is 18.8 Å². The minimum absolute atomic E-state index is 0.0360. The number of rotatable bonds is 8. The van der Waals surface area contributed by atoms with Gasteiger partial charge in [0.25, 0.3) is 0 Å². The zero-order valence-corrected chi connectivity index (χ0v) is 14.3. The van der Waals surface area contributed by atoms with Crippen LogP contribution in [0.4, 0.5) is 5.69 Å². The zero-order valence-electron chi connectivity index (χ0n) is 14.3. The summed E-state index contributed by atoms with van der Waals surface area (Å²) in [6.07, 6.45) is 7.48. The average Bonchev–Trinajstić information content (AvgIpc) is 3.07. The standard InChI is InChI=1S/C18H25NO5/c1-23-15-11-13(18(21)22)10-14(17(15)24-2)19-16(20)9-5-8-12-6-3-4-7-12/h10-12H,3-9H2,1-2H3,(H,19,20)(H,21,22). The molecule has 0 unspecified atom stereocenters. The SMILES string of the molecule is COc1cc(C(=O)O)cc(NC(=O)CCCC2CCCC2)c1OC. The highest BCUT2D eigenvalue weighted by atomic mass is 16.5. The number of nitrogens with one attached hydrogen (secondary N) is 1. The molecule has 0 atom stereocenters. The van der Waals surface area contributed by atoms with Gasteiger partial charge in [-0.3, -0.25) is 4.79 Å². The lowest BCUT2D eigenvalue weighted by Gasteiger charge is -2.15. The van der Waals surface area contributed by atoms with Crippen molar-refractivity contribution in [2.45, 2.75) is 44.9 Å². The Labute approximate surface area is 142 Å². The molecule has 6 nitrogen and oxygen atoms in total. The summed E-state index contributed by atoms with van der Waals surface area (Å²) in [6, 6.07) is 2.76. The molecule has 24 heavy (non-hydrogen) atoms. The van der Waals surface area contributed by atoms with Gasteiger partial charge in [0.15, 0.2) is 11.5 Å². The highest BCUT2D eigenvalue weighted by Crippen LogP contribution is 2.37. The molecule has 1 aliphatic rings. The van der Waals surface area contributed by atoms with Crippen molar-refractivity contribution < 1.29 is 24.2 Å². The summed E-state index contributed by atoms with van der Waals surface area (Å²) in [7, 11) is 2.88. The van der Waals surface area contributed by atoms with Crippen LogP contribution < -0.4 is 14.8 Å². The summed E-state index contributed by atoms with van der Waals surface area (Å²) in [6.45, 7) is 0. The molecule has 1 fully saturated rings. The number of hydrogen-bond donors (Lipinski definition) is 2. The first kappa shape index (κ1) is 18.1. The van der Waals surface area contributed by atoms with Gasteiger partial charge in [-0.2, -0.15) is 0 Å². The maximum Gasteiger partial charge on any atom is 0.335 e. The largest absolute Gasteiger partial charge is 0.493 e. The molecule has 132 valence electrons. The van der Waals surface area contributed by atoms with E-state index in [1.165, 1.54) is 52.0 Å². The molecule has 0 aromatic heterocycles. The molecule has 2 N–H and O–H groups in total. The number of benzene rings is 1. The van der Waals surface area contributed by atoms with Gasteiger partial charge >= 0.3 is 5.97 Å². The third-order valence-corrected chi connectivity index (χ3v) is 4.49. The number of carboxylic acid groups (broad SMARTS) is 1. The topological polar surface area (TPSA) is 84.9 Å². The van der Waals surface area contributed by atoms with Crippen LogP contribution in [-0.2, 0) is 4.79 Å². The maximum atomic E-state index is 12.2. The Hall–Kier alpha value is -2.24. The van der Waals surface area contributed by atoms with Gasteiger partial charge in [0.05, 0.1) is 25.5 Å². The molecule has 0 heterocycles. The second-order valence-electron chi connectivity index (χ2n) is 6.16. The summed E-state index contributed by atoms with van der Waals surface area (Å²) in [5.41, 5.74) is 0.356. The molecule has 0 bridgehead atoms. The lowest BCUT2D eigenvalue weighted by molar-refractivity contribution is -0.116. The Morgan fingerprint density at radius 1 is 1.21 bits per heavy atom. The second kappa shape index (κ2) is 8.57. The lowest BCUT2D eigenvalue weighted by atomic mass is 10.0. The lowest BCUT2D eigenvalue weighted by Crippen LogP contribution is -2.13. The molecule has 1 aliphatic carbocycles. The minimum Gasteiger partial charge on any atom is -0.493 e. The van der Waals surface area contributed by atoms with Crippen LogP contribution in [0, 0.1) is 5.92 Å². The van der Waals surface area contributed by atoms with Crippen LogP contribution >= 0.6 is 0 Å². The third-order valence-electron chi connectivity index (χ3n) is 4.49. The quantitative estimate of drug-likeness (QED) is 0.756. The van der Waals surface area contributed by atoms with Gasteiger partial charge in [-0.25, -0.2) is 4.79 Å². The average molecular weight is 335 g/mol. The van der Waals surface area contributed by atoms with Gasteiger partial charge in [-0.1, -0.05) is 25.7 Å². The molecule has 1 aromatic rings. The molecular weight excluding hydrogens is 310 g/mol. The van der Waals surface area contributed by atoms with E-state index in [1.54, 1.807) is 0 Å². The number of ether oxygens (including phenoxy) is 2.